The van der Waals surface area contributed by atoms with Crippen LogP contribution in [0.25, 0.3) is 16.8 Å². The summed E-state index contributed by atoms with van der Waals surface area (Å²) >= 11 is 3.57. The normalized spacial score (nSPS) is 13.0. The Labute approximate surface area is 195 Å². The van der Waals surface area contributed by atoms with Crippen LogP contribution in [0.4, 0.5) is 8.78 Å². The highest BCUT2D eigenvalue weighted by Crippen LogP contribution is 2.32. The van der Waals surface area contributed by atoms with E-state index in [4.69, 9.17) is 10.1 Å². The summed E-state index contributed by atoms with van der Waals surface area (Å²) in [6, 6.07) is 6.14. The Morgan fingerprint density at radius 3 is 2.44 bits per heavy atom. The minimum absolute atomic E-state index is 0.0212. The lowest BCUT2D eigenvalue weighted by Crippen LogP contribution is -2.09. The van der Waals surface area contributed by atoms with Crippen molar-refractivity contribution in [3.05, 3.63) is 52.4 Å². The maximum Gasteiger partial charge on any atom is 0.303 e. The summed E-state index contributed by atoms with van der Waals surface area (Å²) in [5.74, 6) is -0.500. The van der Waals surface area contributed by atoms with Gasteiger partial charge in [-0.15, -0.1) is 0 Å². The summed E-state index contributed by atoms with van der Waals surface area (Å²) in [6.07, 6.45) is 3.66. The van der Waals surface area contributed by atoms with Gasteiger partial charge in [0.25, 0.3) is 6.43 Å². The highest BCUT2D eigenvalue weighted by atomic mass is 79.9. The van der Waals surface area contributed by atoms with E-state index in [0.29, 0.717) is 5.65 Å². The molecule has 3 N–H and O–H groups in total. The molecule has 1 aromatic carbocycles. The molecule has 174 valence electrons. The van der Waals surface area contributed by atoms with Gasteiger partial charge in [-0.1, -0.05) is 44.5 Å². The van der Waals surface area contributed by atoms with Crippen molar-refractivity contribution in [3.63, 3.8) is 0 Å². The number of benzene rings is 1. The third-order valence-corrected chi connectivity index (χ3v) is 6.08. The Morgan fingerprint density at radius 2 is 1.88 bits per heavy atom. The molecule has 2 aromatic heterocycles. The van der Waals surface area contributed by atoms with E-state index in [1.807, 2.05) is 13.1 Å². The molecule has 32 heavy (non-hydrogen) atoms. The summed E-state index contributed by atoms with van der Waals surface area (Å²) in [4.78, 5) is 15.8. The van der Waals surface area contributed by atoms with Gasteiger partial charge in [-0.05, 0) is 53.2 Å². The Hall–Kier alpha value is -2.39. The van der Waals surface area contributed by atoms with Gasteiger partial charge in [-0.25, -0.2) is 18.3 Å². The van der Waals surface area contributed by atoms with Crippen molar-refractivity contribution in [3.8, 4) is 11.1 Å². The van der Waals surface area contributed by atoms with E-state index in [-0.39, 0.29) is 23.8 Å². The van der Waals surface area contributed by atoms with E-state index in [2.05, 4.69) is 33.7 Å². The first kappa shape index (κ1) is 25.9. The van der Waals surface area contributed by atoms with Crippen molar-refractivity contribution in [2.24, 2.45) is 11.7 Å². The zero-order valence-corrected chi connectivity index (χ0v) is 20.0. The van der Waals surface area contributed by atoms with Gasteiger partial charge in [-0.3, -0.25) is 4.79 Å². The maximum atomic E-state index is 12.8. The van der Waals surface area contributed by atoms with Crippen molar-refractivity contribution in [2.75, 3.05) is 7.05 Å². The number of aromatic nitrogens is 3. The minimum atomic E-state index is -2.50. The molecule has 3 aromatic rings. The van der Waals surface area contributed by atoms with E-state index in [1.54, 1.807) is 22.8 Å². The molecule has 0 aliphatic carbocycles. The summed E-state index contributed by atoms with van der Waals surface area (Å²) in [5, 5.41) is 13.4. The topological polar surface area (TPSA) is 93.5 Å². The summed E-state index contributed by atoms with van der Waals surface area (Å²) in [6.45, 7) is 4.08. The molecule has 0 bridgehead atoms. The maximum absolute atomic E-state index is 12.8. The lowest BCUT2D eigenvalue weighted by atomic mass is 9.91. The van der Waals surface area contributed by atoms with E-state index < -0.39 is 12.4 Å². The molecule has 0 saturated carbocycles. The van der Waals surface area contributed by atoms with Crippen LogP contribution >= 0.6 is 15.9 Å². The quantitative estimate of drug-likeness (QED) is 0.365. The van der Waals surface area contributed by atoms with Gasteiger partial charge in [0.15, 0.2) is 5.65 Å². The van der Waals surface area contributed by atoms with E-state index >= 15 is 0 Å². The molecule has 2 heterocycles. The number of aliphatic carboxylic acids is 1. The summed E-state index contributed by atoms with van der Waals surface area (Å²) in [5.41, 5.74) is 7.55. The van der Waals surface area contributed by atoms with Crippen LogP contribution in [0.15, 0.2) is 41.1 Å². The van der Waals surface area contributed by atoms with Crippen molar-refractivity contribution in [1.82, 2.24) is 14.6 Å². The molecule has 0 aliphatic rings. The molecule has 0 fully saturated rings. The van der Waals surface area contributed by atoms with Gasteiger partial charge >= 0.3 is 5.97 Å². The van der Waals surface area contributed by atoms with E-state index in [9.17, 15) is 13.6 Å². The molecule has 6 nitrogen and oxygen atoms in total. The zero-order chi connectivity index (χ0) is 23.8. The Balaban J connectivity index is 0.00000176. The van der Waals surface area contributed by atoms with E-state index in [1.165, 1.54) is 19.2 Å². The number of nitrogens with two attached hydrogens (primary N) is 1. The number of rotatable bonds is 9. The van der Waals surface area contributed by atoms with Crippen molar-refractivity contribution in [2.45, 2.75) is 51.9 Å². The average Bonchev–Trinajstić information content (AvgIpc) is 3.19. The Bertz CT molecular complexity index is 1020. The fraction of sp³-hybridized carbons (Fsp3) is 0.435. The molecule has 0 aliphatic heterocycles. The predicted octanol–water partition coefficient (Wildman–Crippen LogP) is 6.06. The molecule has 2 unspecified atom stereocenters. The number of alkyl halides is 2. The summed E-state index contributed by atoms with van der Waals surface area (Å²) in [7, 11) is 1.50. The summed E-state index contributed by atoms with van der Waals surface area (Å²) < 4.78 is 28.2. The SMILES string of the molecule is CCC(CCC(C)c1nc2c(-c3ccc(C(F)F)cc3)cnn2cc1Br)CC(=O)O.CN. The van der Waals surface area contributed by atoms with Gasteiger partial charge < -0.3 is 10.8 Å². The fourth-order valence-electron chi connectivity index (χ4n) is 3.58. The van der Waals surface area contributed by atoms with Crippen LogP contribution < -0.4 is 5.73 Å². The van der Waals surface area contributed by atoms with Crippen LogP contribution in [-0.4, -0.2) is 32.7 Å². The minimum Gasteiger partial charge on any atom is -0.481 e. The molecule has 0 spiro atoms. The van der Waals surface area contributed by atoms with Crippen molar-refractivity contribution in [1.29, 1.82) is 0 Å². The average molecular weight is 511 g/mol. The van der Waals surface area contributed by atoms with Crippen molar-refractivity contribution < 1.29 is 18.7 Å². The highest BCUT2D eigenvalue weighted by Gasteiger charge is 2.19. The fourth-order valence-corrected chi connectivity index (χ4v) is 4.25. The second-order valence-electron chi connectivity index (χ2n) is 7.57. The number of hydrogen-bond acceptors (Lipinski definition) is 4. The van der Waals surface area contributed by atoms with Crippen LogP contribution in [0.5, 0.6) is 0 Å². The third-order valence-electron chi connectivity index (χ3n) is 5.46. The number of carbonyl (C=O) groups is 1. The highest BCUT2D eigenvalue weighted by molar-refractivity contribution is 9.10. The standard InChI is InChI=1S/C22H24BrF2N3O2.CH5N/c1-3-14(10-19(29)30)5-4-13(2)20-18(23)12-28-22(27-20)17(11-26-28)15-6-8-16(9-7-15)21(24)25;1-2/h6-9,11-14,21H,3-5,10H2,1-2H3,(H,29,30);2H2,1H3. The molecule has 0 amide bonds. The number of fused-ring (bicyclic) bond motifs is 1. The van der Waals surface area contributed by atoms with E-state index in [0.717, 1.165) is 40.6 Å². The van der Waals surface area contributed by atoms with Crippen LogP contribution in [-0.2, 0) is 4.79 Å². The first-order chi connectivity index (χ1) is 15.3. The van der Waals surface area contributed by atoms with Crippen molar-refractivity contribution >= 4 is 27.5 Å². The van der Waals surface area contributed by atoms with Crippen LogP contribution in [0, 0.1) is 5.92 Å². The molecular formula is C23H29BrF2N4O2. The van der Waals surface area contributed by atoms with Gasteiger partial charge in [-0.2, -0.15) is 5.10 Å². The molecule has 0 saturated heterocycles. The van der Waals surface area contributed by atoms with Crippen LogP contribution in [0.1, 0.15) is 63.1 Å². The monoisotopic (exact) mass is 510 g/mol. The third kappa shape index (κ3) is 6.32. The Morgan fingerprint density at radius 1 is 1.22 bits per heavy atom. The molecule has 9 heteroatoms. The number of halogens is 3. The second kappa shape index (κ2) is 12.0. The number of nitrogens with zero attached hydrogens (tertiary/aromatic N) is 3. The smallest absolute Gasteiger partial charge is 0.303 e. The number of hydrogen-bond donors (Lipinski definition) is 2. The number of carboxylic acids is 1. The van der Waals surface area contributed by atoms with Gasteiger partial charge in [0.05, 0.1) is 16.4 Å². The van der Waals surface area contributed by atoms with Crippen LogP contribution in [0.3, 0.4) is 0 Å². The van der Waals surface area contributed by atoms with Crippen LogP contribution in [0.2, 0.25) is 0 Å². The first-order valence-electron chi connectivity index (χ1n) is 10.5. The Kier molecular flexibility index (Phi) is 9.71. The van der Waals surface area contributed by atoms with Gasteiger partial charge in [0.2, 0.25) is 0 Å². The lowest BCUT2D eigenvalue weighted by Gasteiger charge is -2.17. The molecule has 2 atom stereocenters. The first-order valence-corrected chi connectivity index (χ1v) is 11.3. The molecular weight excluding hydrogens is 482 g/mol. The second-order valence-corrected chi connectivity index (χ2v) is 8.43. The lowest BCUT2D eigenvalue weighted by molar-refractivity contribution is -0.138. The zero-order valence-electron chi connectivity index (χ0n) is 18.4. The van der Waals surface area contributed by atoms with Gasteiger partial charge in [0.1, 0.15) is 0 Å². The molecule has 3 rings (SSSR count). The number of carboxylic acid groups (broad SMARTS) is 1. The largest absolute Gasteiger partial charge is 0.481 e. The predicted molar refractivity (Wildman–Crippen MR) is 125 cm³/mol. The van der Waals surface area contributed by atoms with Gasteiger partial charge in [0, 0.05) is 23.7 Å². The molecule has 0 radical (unpaired) electrons.